The minimum atomic E-state index is -0.371. The molecule has 0 saturated carbocycles. The van der Waals surface area contributed by atoms with Crippen LogP contribution >= 0.6 is 0 Å². The fourth-order valence-electron chi connectivity index (χ4n) is 2.29. The first-order valence-electron chi connectivity index (χ1n) is 8.21. The molecule has 3 rings (SSSR count). The molecule has 130 valence electrons. The standard InChI is InChI=1S/C22H19NO3/c1-16-3-7-18(8-4-16)22(24)26-21-11-5-17(6-12-21)15-23-19-9-13-20(25-2)14-10-19/h3-15H,1-2H3. The number of nitrogens with zero attached hydrogens (tertiary/aromatic N) is 1. The number of benzene rings is 3. The van der Waals surface area contributed by atoms with E-state index in [4.69, 9.17) is 9.47 Å². The number of carbonyl (C=O) groups is 1. The van der Waals surface area contributed by atoms with Crippen molar-refractivity contribution in [2.75, 3.05) is 7.11 Å². The highest BCUT2D eigenvalue weighted by atomic mass is 16.5. The summed E-state index contributed by atoms with van der Waals surface area (Å²) in [4.78, 5) is 16.5. The largest absolute Gasteiger partial charge is 0.497 e. The normalized spacial score (nSPS) is 10.7. The van der Waals surface area contributed by atoms with Crippen molar-refractivity contribution >= 4 is 17.9 Å². The minimum Gasteiger partial charge on any atom is -0.497 e. The molecule has 0 N–H and O–H groups in total. The monoisotopic (exact) mass is 345 g/mol. The molecule has 0 heterocycles. The predicted octanol–water partition coefficient (Wildman–Crippen LogP) is 4.97. The van der Waals surface area contributed by atoms with Gasteiger partial charge in [0.15, 0.2) is 0 Å². The quantitative estimate of drug-likeness (QED) is 0.372. The topological polar surface area (TPSA) is 47.9 Å². The number of ether oxygens (including phenoxy) is 2. The summed E-state index contributed by atoms with van der Waals surface area (Å²) < 4.78 is 10.5. The van der Waals surface area contributed by atoms with Gasteiger partial charge in [0.1, 0.15) is 11.5 Å². The van der Waals surface area contributed by atoms with Gasteiger partial charge in [-0.05, 0) is 73.2 Å². The second-order valence-electron chi connectivity index (χ2n) is 5.78. The smallest absolute Gasteiger partial charge is 0.343 e. The van der Waals surface area contributed by atoms with E-state index in [2.05, 4.69) is 4.99 Å². The molecule has 0 aromatic heterocycles. The van der Waals surface area contributed by atoms with Gasteiger partial charge in [-0.15, -0.1) is 0 Å². The summed E-state index contributed by atoms with van der Waals surface area (Å²) in [5.41, 5.74) is 3.37. The van der Waals surface area contributed by atoms with Gasteiger partial charge in [-0.25, -0.2) is 4.79 Å². The first kappa shape index (κ1) is 17.4. The van der Waals surface area contributed by atoms with Gasteiger partial charge >= 0.3 is 5.97 Å². The Kier molecular flexibility index (Phi) is 5.44. The van der Waals surface area contributed by atoms with E-state index in [-0.39, 0.29) is 5.97 Å². The SMILES string of the molecule is COc1ccc(N=Cc2ccc(OC(=O)c3ccc(C)cc3)cc2)cc1. The van der Waals surface area contributed by atoms with Crippen molar-refractivity contribution in [3.8, 4) is 11.5 Å². The third kappa shape index (κ3) is 4.57. The summed E-state index contributed by atoms with van der Waals surface area (Å²) in [6, 6.07) is 22.0. The van der Waals surface area contributed by atoms with Crippen LogP contribution in [-0.4, -0.2) is 19.3 Å². The van der Waals surface area contributed by atoms with Crippen molar-refractivity contribution in [1.82, 2.24) is 0 Å². The third-order valence-electron chi connectivity index (χ3n) is 3.81. The second kappa shape index (κ2) is 8.12. The number of hydrogen-bond donors (Lipinski definition) is 0. The van der Waals surface area contributed by atoms with Crippen molar-refractivity contribution in [3.63, 3.8) is 0 Å². The molecule has 4 nitrogen and oxygen atoms in total. The van der Waals surface area contributed by atoms with Gasteiger partial charge in [-0.3, -0.25) is 4.99 Å². The number of rotatable bonds is 5. The summed E-state index contributed by atoms with van der Waals surface area (Å²) in [6.45, 7) is 1.97. The molecule has 4 heteroatoms. The van der Waals surface area contributed by atoms with Crippen LogP contribution < -0.4 is 9.47 Å². The lowest BCUT2D eigenvalue weighted by Crippen LogP contribution is -2.08. The van der Waals surface area contributed by atoms with Gasteiger partial charge in [0.25, 0.3) is 0 Å². The molecule has 0 spiro atoms. The predicted molar refractivity (Wildman–Crippen MR) is 103 cm³/mol. The Bertz CT molecular complexity index is 896. The molecule has 0 aliphatic carbocycles. The molecule has 0 bridgehead atoms. The highest BCUT2D eigenvalue weighted by molar-refractivity contribution is 5.91. The van der Waals surface area contributed by atoms with Crippen molar-refractivity contribution in [2.45, 2.75) is 6.92 Å². The average molecular weight is 345 g/mol. The van der Waals surface area contributed by atoms with E-state index < -0.39 is 0 Å². The van der Waals surface area contributed by atoms with Gasteiger partial charge < -0.3 is 9.47 Å². The molecular weight excluding hydrogens is 326 g/mol. The first-order valence-corrected chi connectivity index (χ1v) is 8.21. The van der Waals surface area contributed by atoms with Gasteiger partial charge in [-0.2, -0.15) is 0 Å². The molecule has 0 amide bonds. The molecule has 0 aliphatic heterocycles. The van der Waals surface area contributed by atoms with Crippen LogP contribution in [0.2, 0.25) is 0 Å². The van der Waals surface area contributed by atoms with Crippen LogP contribution in [0.15, 0.2) is 77.8 Å². The number of methoxy groups -OCH3 is 1. The second-order valence-corrected chi connectivity index (χ2v) is 5.78. The molecule has 0 saturated heterocycles. The zero-order valence-electron chi connectivity index (χ0n) is 14.7. The van der Waals surface area contributed by atoms with E-state index in [0.29, 0.717) is 11.3 Å². The summed E-state index contributed by atoms with van der Waals surface area (Å²) in [5.74, 6) is 0.922. The van der Waals surface area contributed by atoms with Crippen molar-refractivity contribution < 1.29 is 14.3 Å². The third-order valence-corrected chi connectivity index (χ3v) is 3.81. The Morgan fingerprint density at radius 3 is 2.08 bits per heavy atom. The minimum absolute atomic E-state index is 0.371. The first-order chi connectivity index (χ1) is 12.6. The zero-order valence-corrected chi connectivity index (χ0v) is 14.7. The summed E-state index contributed by atoms with van der Waals surface area (Å²) in [5, 5.41) is 0. The zero-order chi connectivity index (χ0) is 18.4. The summed E-state index contributed by atoms with van der Waals surface area (Å²) >= 11 is 0. The maximum atomic E-state index is 12.1. The maximum Gasteiger partial charge on any atom is 0.343 e. The highest BCUT2D eigenvalue weighted by Crippen LogP contribution is 2.18. The molecule has 26 heavy (non-hydrogen) atoms. The van der Waals surface area contributed by atoms with Crippen molar-refractivity contribution in [1.29, 1.82) is 0 Å². The van der Waals surface area contributed by atoms with Crippen molar-refractivity contribution in [2.24, 2.45) is 4.99 Å². The Morgan fingerprint density at radius 2 is 1.46 bits per heavy atom. The molecule has 0 radical (unpaired) electrons. The Morgan fingerprint density at radius 1 is 0.846 bits per heavy atom. The highest BCUT2D eigenvalue weighted by Gasteiger charge is 2.07. The molecular formula is C22H19NO3. The fraction of sp³-hybridized carbons (Fsp3) is 0.0909. The van der Waals surface area contributed by atoms with Gasteiger partial charge in [0.05, 0.1) is 18.4 Å². The van der Waals surface area contributed by atoms with Crippen LogP contribution in [-0.2, 0) is 0 Å². The van der Waals surface area contributed by atoms with E-state index in [1.807, 2.05) is 55.5 Å². The van der Waals surface area contributed by atoms with Crippen LogP contribution in [0.4, 0.5) is 5.69 Å². The number of aliphatic imine (C=N–C) groups is 1. The van der Waals surface area contributed by atoms with Crippen LogP contribution in [0.5, 0.6) is 11.5 Å². The lowest BCUT2D eigenvalue weighted by atomic mass is 10.1. The average Bonchev–Trinajstić information content (AvgIpc) is 2.68. The van der Waals surface area contributed by atoms with Gasteiger partial charge in [0, 0.05) is 6.21 Å². The van der Waals surface area contributed by atoms with E-state index in [1.165, 1.54) is 0 Å². The number of aryl methyl sites for hydroxylation is 1. The van der Waals surface area contributed by atoms with E-state index in [9.17, 15) is 4.79 Å². The van der Waals surface area contributed by atoms with Crippen LogP contribution in [0.3, 0.4) is 0 Å². The van der Waals surface area contributed by atoms with Crippen LogP contribution in [0.25, 0.3) is 0 Å². The van der Waals surface area contributed by atoms with Gasteiger partial charge in [0.2, 0.25) is 0 Å². The molecule has 3 aromatic rings. The number of esters is 1. The lowest BCUT2D eigenvalue weighted by molar-refractivity contribution is 0.0735. The molecule has 0 unspecified atom stereocenters. The molecule has 0 atom stereocenters. The number of hydrogen-bond acceptors (Lipinski definition) is 4. The number of carbonyl (C=O) groups excluding carboxylic acids is 1. The fourth-order valence-corrected chi connectivity index (χ4v) is 2.29. The lowest BCUT2D eigenvalue weighted by Gasteiger charge is -2.05. The summed E-state index contributed by atoms with van der Waals surface area (Å²) in [7, 11) is 1.63. The maximum absolute atomic E-state index is 12.1. The van der Waals surface area contributed by atoms with E-state index in [1.54, 1.807) is 37.6 Å². The molecule has 0 fully saturated rings. The Balaban J connectivity index is 1.63. The van der Waals surface area contributed by atoms with E-state index in [0.717, 1.165) is 22.6 Å². The van der Waals surface area contributed by atoms with Crippen LogP contribution in [0.1, 0.15) is 21.5 Å². The van der Waals surface area contributed by atoms with Gasteiger partial charge in [-0.1, -0.05) is 17.7 Å². The Labute approximate surface area is 152 Å². The molecule has 0 aliphatic rings. The Hall–Kier alpha value is -3.40. The van der Waals surface area contributed by atoms with Crippen LogP contribution in [0, 0.1) is 6.92 Å². The van der Waals surface area contributed by atoms with E-state index >= 15 is 0 Å². The summed E-state index contributed by atoms with van der Waals surface area (Å²) in [6.07, 6.45) is 1.76. The molecule has 3 aromatic carbocycles. The van der Waals surface area contributed by atoms with Crippen molar-refractivity contribution in [3.05, 3.63) is 89.5 Å².